The Labute approximate surface area is 99.4 Å². The van der Waals surface area contributed by atoms with E-state index in [2.05, 4.69) is 19.8 Å². The van der Waals surface area contributed by atoms with E-state index in [4.69, 9.17) is 11.2 Å². The Hall–Kier alpha value is -0.520. The van der Waals surface area contributed by atoms with Gasteiger partial charge in [0.2, 0.25) is 0 Å². The molecule has 0 aromatic rings. The summed E-state index contributed by atoms with van der Waals surface area (Å²) in [6.45, 7) is 6.27. The summed E-state index contributed by atoms with van der Waals surface area (Å²) in [6.07, 6.45) is 7.43. The van der Waals surface area contributed by atoms with Gasteiger partial charge >= 0.3 is 0 Å². The molecule has 2 nitrogen and oxygen atoms in total. The molecule has 0 radical (unpaired) electrons. The third-order valence-electron chi connectivity index (χ3n) is 4.07. The zero-order valence-electron chi connectivity index (χ0n) is 10.8. The van der Waals surface area contributed by atoms with Crippen molar-refractivity contribution < 1.29 is 9.84 Å². The van der Waals surface area contributed by atoms with E-state index in [1.165, 1.54) is 0 Å². The van der Waals surface area contributed by atoms with Gasteiger partial charge in [-0.05, 0) is 37.5 Å². The van der Waals surface area contributed by atoms with Crippen LogP contribution >= 0.6 is 0 Å². The molecule has 0 aromatic carbocycles. The summed E-state index contributed by atoms with van der Waals surface area (Å²) in [7, 11) is 1.77. The molecule has 2 heteroatoms. The molecule has 1 rings (SSSR count). The van der Waals surface area contributed by atoms with E-state index in [0.717, 1.165) is 12.8 Å². The number of methoxy groups -OCH3 is 1. The Morgan fingerprint density at radius 3 is 2.50 bits per heavy atom. The second kappa shape index (κ2) is 5.70. The lowest BCUT2D eigenvalue weighted by Gasteiger charge is -2.22. The quantitative estimate of drug-likeness (QED) is 0.702. The SMILES string of the molecule is C#C[C@@H](C)[C@@H](O)[C@H]1C[C@@H]1[C@H](C)[C@H](CC)OC. The van der Waals surface area contributed by atoms with Crippen molar-refractivity contribution in [2.45, 2.75) is 45.8 Å². The Bertz CT molecular complexity index is 252. The molecule has 0 amide bonds. The largest absolute Gasteiger partial charge is 0.392 e. The molecule has 0 heterocycles. The van der Waals surface area contributed by atoms with Gasteiger partial charge in [0.25, 0.3) is 0 Å². The molecule has 92 valence electrons. The summed E-state index contributed by atoms with van der Waals surface area (Å²) in [5.41, 5.74) is 0. The Morgan fingerprint density at radius 2 is 2.06 bits per heavy atom. The predicted molar refractivity (Wildman–Crippen MR) is 65.9 cm³/mol. The van der Waals surface area contributed by atoms with Crippen LogP contribution in [-0.4, -0.2) is 24.4 Å². The summed E-state index contributed by atoms with van der Waals surface area (Å²) in [5.74, 6) is 4.06. The fourth-order valence-corrected chi connectivity index (χ4v) is 2.73. The number of aliphatic hydroxyl groups excluding tert-OH is 1. The fraction of sp³-hybridized carbons (Fsp3) is 0.857. The van der Waals surface area contributed by atoms with Crippen molar-refractivity contribution in [2.75, 3.05) is 7.11 Å². The predicted octanol–water partition coefficient (Wildman–Crippen LogP) is 2.31. The minimum absolute atomic E-state index is 0.0372. The highest BCUT2D eigenvalue weighted by molar-refractivity contribution is 5.03. The summed E-state index contributed by atoms with van der Waals surface area (Å²) < 4.78 is 5.46. The summed E-state index contributed by atoms with van der Waals surface area (Å²) in [4.78, 5) is 0. The van der Waals surface area contributed by atoms with Crippen molar-refractivity contribution in [1.29, 1.82) is 0 Å². The molecule has 1 aliphatic carbocycles. The van der Waals surface area contributed by atoms with Crippen LogP contribution in [0.25, 0.3) is 0 Å². The first kappa shape index (κ1) is 13.5. The Morgan fingerprint density at radius 1 is 1.44 bits per heavy atom. The molecular formula is C14H24O2. The van der Waals surface area contributed by atoms with Crippen LogP contribution in [0.5, 0.6) is 0 Å². The molecule has 0 aliphatic heterocycles. The standard InChI is InChI=1S/C14H24O2/c1-6-9(3)14(15)12-8-11(12)10(4)13(7-2)16-5/h1,9-15H,7-8H2,2-5H3/t9-,10+,11-,12+,13+,14-/m1/s1. The zero-order chi connectivity index (χ0) is 12.3. The van der Waals surface area contributed by atoms with Gasteiger partial charge in [0.15, 0.2) is 0 Å². The van der Waals surface area contributed by atoms with Crippen LogP contribution in [0.4, 0.5) is 0 Å². The second-order valence-electron chi connectivity index (χ2n) is 5.05. The van der Waals surface area contributed by atoms with Crippen LogP contribution in [-0.2, 0) is 4.74 Å². The maximum atomic E-state index is 10.0. The maximum absolute atomic E-state index is 10.0. The normalized spacial score (nSPS) is 31.2. The van der Waals surface area contributed by atoms with Gasteiger partial charge in [-0.2, -0.15) is 0 Å². The third-order valence-corrected chi connectivity index (χ3v) is 4.07. The minimum atomic E-state index is -0.341. The van der Waals surface area contributed by atoms with Crippen molar-refractivity contribution >= 4 is 0 Å². The number of hydrogen-bond donors (Lipinski definition) is 1. The maximum Gasteiger partial charge on any atom is 0.0705 e. The Kier molecular flexibility index (Phi) is 4.83. The van der Waals surface area contributed by atoms with Crippen LogP contribution < -0.4 is 0 Å². The van der Waals surface area contributed by atoms with E-state index in [-0.39, 0.29) is 12.0 Å². The van der Waals surface area contributed by atoms with E-state index in [1.807, 2.05) is 6.92 Å². The number of aliphatic hydroxyl groups is 1. The molecule has 1 fully saturated rings. The second-order valence-corrected chi connectivity index (χ2v) is 5.05. The first-order chi connectivity index (χ1) is 7.56. The van der Waals surface area contributed by atoms with E-state index in [9.17, 15) is 5.11 Å². The average molecular weight is 224 g/mol. The molecule has 0 bridgehead atoms. The summed E-state index contributed by atoms with van der Waals surface area (Å²) in [5, 5.41) is 10.0. The van der Waals surface area contributed by atoms with Gasteiger partial charge in [0.05, 0.1) is 12.2 Å². The van der Waals surface area contributed by atoms with Crippen LogP contribution in [0.1, 0.15) is 33.6 Å². The van der Waals surface area contributed by atoms with Gasteiger partial charge in [-0.25, -0.2) is 0 Å². The van der Waals surface area contributed by atoms with Gasteiger partial charge in [-0.15, -0.1) is 12.3 Å². The van der Waals surface area contributed by atoms with Crippen molar-refractivity contribution in [3.8, 4) is 12.3 Å². The Balaban J connectivity index is 2.47. The number of rotatable bonds is 6. The summed E-state index contributed by atoms with van der Waals surface area (Å²) in [6, 6.07) is 0. The van der Waals surface area contributed by atoms with E-state index < -0.39 is 0 Å². The highest BCUT2D eigenvalue weighted by Crippen LogP contribution is 2.49. The van der Waals surface area contributed by atoms with E-state index in [1.54, 1.807) is 7.11 Å². The van der Waals surface area contributed by atoms with Crippen molar-refractivity contribution in [2.24, 2.45) is 23.7 Å². The first-order valence-electron chi connectivity index (χ1n) is 6.23. The lowest BCUT2D eigenvalue weighted by atomic mass is 9.92. The number of terminal acetylenes is 1. The molecule has 0 aromatic heterocycles. The molecule has 1 aliphatic rings. The van der Waals surface area contributed by atoms with Gasteiger partial charge in [-0.1, -0.05) is 13.8 Å². The molecule has 1 saturated carbocycles. The van der Waals surface area contributed by atoms with Gasteiger partial charge in [-0.3, -0.25) is 0 Å². The van der Waals surface area contributed by atoms with Gasteiger partial charge in [0.1, 0.15) is 0 Å². The molecular weight excluding hydrogens is 200 g/mol. The highest BCUT2D eigenvalue weighted by Gasteiger charge is 2.48. The third kappa shape index (κ3) is 2.78. The van der Waals surface area contributed by atoms with Gasteiger partial charge in [0, 0.05) is 13.0 Å². The topological polar surface area (TPSA) is 29.5 Å². The molecule has 0 spiro atoms. The van der Waals surface area contributed by atoms with Crippen molar-refractivity contribution in [1.82, 2.24) is 0 Å². The zero-order valence-corrected chi connectivity index (χ0v) is 10.8. The molecule has 0 unspecified atom stereocenters. The average Bonchev–Trinajstić information content (AvgIpc) is 3.08. The first-order valence-corrected chi connectivity index (χ1v) is 6.23. The van der Waals surface area contributed by atoms with Crippen LogP contribution in [0.15, 0.2) is 0 Å². The molecule has 6 atom stereocenters. The van der Waals surface area contributed by atoms with Crippen LogP contribution in [0.2, 0.25) is 0 Å². The lowest BCUT2D eigenvalue weighted by molar-refractivity contribution is 0.0369. The lowest BCUT2D eigenvalue weighted by Crippen LogP contribution is -2.25. The molecule has 0 saturated heterocycles. The van der Waals surface area contributed by atoms with Crippen molar-refractivity contribution in [3.63, 3.8) is 0 Å². The van der Waals surface area contributed by atoms with Crippen LogP contribution in [0.3, 0.4) is 0 Å². The minimum Gasteiger partial charge on any atom is -0.392 e. The fourth-order valence-electron chi connectivity index (χ4n) is 2.73. The number of hydrogen-bond acceptors (Lipinski definition) is 2. The molecule has 16 heavy (non-hydrogen) atoms. The van der Waals surface area contributed by atoms with E-state index in [0.29, 0.717) is 23.9 Å². The van der Waals surface area contributed by atoms with Gasteiger partial charge < -0.3 is 9.84 Å². The monoisotopic (exact) mass is 224 g/mol. The smallest absolute Gasteiger partial charge is 0.0705 e. The van der Waals surface area contributed by atoms with Crippen molar-refractivity contribution in [3.05, 3.63) is 0 Å². The number of ether oxygens (including phenoxy) is 1. The molecule has 1 N–H and O–H groups in total. The van der Waals surface area contributed by atoms with Crippen LogP contribution in [0, 0.1) is 36.0 Å². The van der Waals surface area contributed by atoms with E-state index >= 15 is 0 Å². The summed E-state index contributed by atoms with van der Waals surface area (Å²) >= 11 is 0. The highest BCUT2D eigenvalue weighted by atomic mass is 16.5.